The number of piperidine rings is 1. The number of hydrogen-bond acceptors (Lipinski definition) is 6. The Balaban J connectivity index is 1.37. The summed E-state index contributed by atoms with van der Waals surface area (Å²) in [5.41, 5.74) is -0.203. The number of halogens is 4. The summed E-state index contributed by atoms with van der Waals surface area (Å²) in [6.07, 6.45) is -2.97. The van der Waals surface area contributed by atoms with Crippen molar-refractivity contribution in [1.29, 1.82) is 0 Å². The summed E-state index contributed by atoms with van der Waals surface area (Å²) in [5, 5.41) is 19.4. The van der Waals surface area contributed by atoms with E-state index in [9.17, 15) is 23.4 Å². The zero-order valence-electron chi connectivity index (χ0n) is 17.7. The molecule has 0 bridgehead atoms. The Morgan fingerprint density at radius 1 is 1.03 bits per heavy atom. The lowest BCUT2D eigenvalue weighted by Gasteiger charge is -2.32. The van der Waals surface area contributed by atoms with E-state index in [0.717, 1.165) is 38.0 Å². The number of anilines is 1. The highest BCUT2D eigenvalue weighted by atomic mass is 35.5. The number of aliphatic imine (C=N–C) groups is 1. The quantitative estimate of drug-likeness (QED) is 0.476. The molecule has 6 nitrogen and oxygen atoms in total. The van der Waals surface area contributed by atoms with E-state index in [4.69, 9.17) is 16.3 Å². The van der Waals surface area contributed by atoms with Crippen LogP contribution in [-0.4, -0.2) is 58.6 Å². The van der Waals surface area contributed by atoms with Crippen LogP contribution in [0, 0.1) is 5.92 Å². The molecule has 0 spiro atoms. The lowest BCUT2D eigenvalue weighted by Crippen LogP contribution is -2.42. The van der Waals surface area contributed by atoms with Gasteiger partial charge in [0.05, 0.1) is 12.3 Å². The van der Waals surface area contributed by atoms with Gasteiger partial charge in [0.1, 0.15) is 17.0 Å². The third-order valence-electron chi connectivity index (χ3n) is 5.88. The van der Waals surface area contributed by atoms with Gasteiger partial charge in [-0.25, -0.2) is 4.99 Å². The molecule has 2 aromatic carbocycles. The van der Waals surface area contributed by atoms with E-state index in [-0.39, 0.29) is 35.7 Å². The zero-order chi connectivity index (χ0) is 23.6. The number of amidine groups is 1. The first-order valence-corrected chi connectivity index (χ1v) is 11.1. The Hall–Kier alpha value is -2.65. The predicted octanol–water partition coefficient (Wildman–Crippen LogP) is 4.70. The number of phenols is 2. The monoisotopic (exact) mass is 483 g/mol. The van der Waals surface area contributed by atoms with Gasteiger partial charge in [0, 0.05) is 12.6 Å². The zero-order valence-corrected chi connectivity index (χ0v) is 18.5. The van der Waals surface area contributed by atoms with Crippen molar-refractivity contribution in [2.75, 3.05) is 24.6 Å². The fourth-order valence-corrected chi connectivity index (χ4v) is 4.53. The minimum Gasteiger partial charge on any atom is -0.508 e. The third kappa shape index (κ3) is 5.65. The van der Waals surface area contributed by atoms with Gasteiger partial charge in [-0.15, -0.1) is 0 Å². The van der Waals surface area contributed by atoms with Crippen molar-refractivity contribution < 1.29 is 28.1 Å². The average molecular weight is 484 g/mol. The summed E-state index contributed by atoms with van der Waals surface area (Å²) in [7, 11) is 0. The molecule has 0 radical (unpaired) electrons. The minimum atomic E-state index is -4.62. The van der Waals surface area contributed by atoms with E-state index < -0.39 is 17.7 Å². The molecule has 33 heavy (non-hydrogen) atoms. The molecule has 0 aromatic heterocycles. The first-order valence-electron chi connectivity index (χ1n) is 10.7. The molecule has 2 aromatic rings. The molecule has 0 aliphatic carbocycles. The van der Waals surface area contributed by atoms with Crippen molar-refractivity contribution in [3.8, 4) is 11.5 Å². The number of nitrogens with zero attached hydrogens (tertiary/aromatic N) is 3. The fraction of sp³-hybridized carbons (Fsp3) is 0.435. The van der Waals surface area contributed by atoms with Gasteiger partial charge in [-0.2, -0.15) is 13.2 Å². The molecule has 2 aliphatic heterocycles. The van der Waals surface area contributed by atoms with Crippen LogP contribution in [0.1, 0.15) is 18.4 Å². The van der Waals surface area contributed by atoms with Crippen LogP contribution in [0.25, 0.3) is 0 Å². The van der Waals surface area contributed by atoms with Crippen molar-refractivity contribution in [2.24, 2.45) is 10.9 Å². The maximum Gasteiger partial charge on any atom is 0.414 e. The minimum absolute atomic E-state index is 0.0923. The second-order valence-electron chi connectivity index (χ2n) is 8.36. The maximum atomic E-state index is 13.5. The van der Waals surface area contributed by atoms with Crippen LogP contribution in [0.4, 0.5) is 18.9 Å². The summed E-state index contributed by atoms with van der Waals surface area (Å²) < 4.78 is 46.1. The van der Waals surface area contributed by atoms with Gasteiger partial charge < -0.3 is 14.9 Å². The Bertz CT molecular complexity index is 996. The van der Waals surface area contributed by atoms with E-state index in [1.165, 1.54) is 23.1 Å². The van der Waals surface area contributed by atoms with Crippen LogP contribution >= 0.6 is 11.6 Å². The number of rotatable bonds is 5. The smallest absolute Gasteiger partial charge is 0.414 e. The van der Waals surface area contributed by atoms with E-state index in [1.54, 1.807) is 18.2 Å². The van der Waals surface area contributed by atoms with Gasteiger partial charge in [-0.1, -0.05) is 29.8 Å². The molecular weight excluding hydrogens is 459 g/mol. The first kappa shape index (κ1) is 23.5. The standard InChI is InChI=1S/C23H25ClF3N3O3/c24-21-20(23(25,26)27)28-22(30(21)17-4-2-6-19(32)12-17)33-14-15-7-9-29(10-8-15)13-16-3-1-5-18(31)11-16/h1-6,11-12,15,20-21,31-32H,7-10,13-14H2. The summed E-state index contributed by atoms with van der Waals surface area (Å²) in [6, 6.07) is 10.6. The summed E-state index contributed by atoms with van der Waals surface area (Å²) in [5.74, 6) is 0.308. The van der Waals surface area contributed by atoms with Crippen molar-refractivity contribution in [1.82, 2.24) is 4.90 Å². The van der Waals surface area contributed by atoms with Crippen LogP contribution in [0.2, 0.25) is 0 Å². The number of likely N-dealkylation sites (tertiary alicyclic amines) is 1. The normalized spacial score (nSPS) is 22.4. The predicted molar refractivity (Wildman–Crippen MR) is 120 cm³/mol. The molecule has 1 fully saturated rings. The van der Waals surface area contributed by atoms with Crippen molar-refractivity contribution in [3.05, 3.63) is 54.1 Å². The lowest BCUT2D eigenvalue weighted by molar-refractivity contribution is -0.145. The second kappa shape index (κ2) is 9.69. The Morgan fingerprint density at radius 3 is 2.33 bits per heavy atom. The third-order valence-corrected chi connectivity index (χ3v) is 6.31. The van der Waals surface area contributed by atoms with E-state index in [1.807, 2.05) is 12.1 Å². The van der Waals surface area contributed by atoms with Crippen molar-refractivity contribution in [2.45, 2.75) is 37.1 Å². The number of hydrogen-bond donors (Lipinski definition) is 2. The van der Waals surface area contributed by atoms with Gasteiger partial charge in [0.2, 0.25) is 0 Å². The van der Waals surface area contributed by atoms with Crippen molar-refractivity contribution >= 4 is 23.3 Å². The van der Waals surface area contributed by atoms with Gasteiger partial charge >= 0.3 is 6.18 Å². The number of phenolic OH excluding ortho intramolecular Hbond substituents is 2. The highest BCUT2D eigenvalue weighted by molar-refractivity contribution is 6.26. The fourth-order valence-electron chi connectivity index (χ4n) is 4.14. The Labute approximate surface area is 194 Å². The maximum absolute atomic E-state index is 13.5. The number of benzene rings is 2. The largest absolute Gasteiger partial charge is 0.508 e. The van der Waals surface area contributed by atoms with Gasteiger partial charge in [-0.3, -0.25) is 9.80 Å². The number of ether oxygens (including phenoxy) is 1. The summed E-state index contributed by atoms with van der Waals surface area (Å²) >= 11 is 6.14. The molecule has 2 heterocycles. The van der Waals surface area contributed by atoms with Gasteiger partial charge in [0.25, 0.3) is 6.02 Å². The molecule has 0 amide bonds. The van der Waals surface area contributed by atoms with Crippen LogP contribution in [0.3, 0.4) is 0 Å². The molecule has 2 atom stereocenters. The summed E-state index contributed by atoms with van der Waals surface area (Å²) in [6.45, 7) is 2.58. The van der Waals surface area contributed by atoms with Gasteiger partial charge in [-0.05, 0) is 61.7 Å². The summed E-state index contributed by atoms with van der Waals surface area (Å²) in [4.78, 5) is 7.19. The SMILES string of the molecule is Oc1cccc(CN2CCC(COC3=NC(C(F)(F)F)C(Cl)N3c3cccc(O)c3)CC2)c1. The Kier molecular flexibility index (Phi) is 6.90. The molecule has 2 unspecified atom stereocenters. The van der Waals surface area contributed by atoms with Crippen LogP contribution in [-0.2, 0) is 11.3 Å². The molecule has 4 rings (SSSR count). The number of alkyl halides is 4. The highest BCUT2D eigenvalue weighted by Crippen LogP contribution is 2.38. The van der Waals surface area contributed by atoms with Crippen molar-refractivity contribution in [3.63, 3.8) is 0 Å². The second-order valence-corrected chi connectivity index (χ2v) is 8.81. The molecular formula is C23H25ClF3N3O3. The molecule has 10 heteroatoms. The molecule has 1 saturated heterocycles. The number of aromatic hydroxyl groups is 2. The lowest BCUT2D eigenvalue weighted by atomic mass is 9.97. The topological polar surface area (TPSA) is 68.5 Å². The molecule has 178 valence electrons. The van der Waals surface area contributed by atoms with E-state index in [2.05, 4.69) is 9.89 Å². The van der Waals surface area contributed by atoms with E-state index >= 15 is 0 Å². The first-order chi connectivity index (χ1) is 15.7. The Morgan fingerprint density at radius 2 is 1.70 bits per heavy atom. The molecule has 2 aliphatic rings. The average Bonchev–Trinajstić information content (AvgIpc) is 3.10. The molecule has 0 saturated carbocycles. The highest BCUT2D eigenvalue weighted by Gasteiger charge is 2.52. The van der Waals surface area contributed by atoms with E-state index in [0.29, 0.717) is 0 Å². The van der Waals surface area contributed by atoms with Crippen LogP contribution in [0.5, 0.6) is 11.5 Å². The van der Waals surface area contributed by atoms with Gasteiger partial charge in [0.15, 0.2) is 6.04 Å². The van der Waals surface area contributed by atoms with Crippen LogP contribution in [0.15, 0.2) is 53.5 Å². The molecule has 2 N–H and O–H groups in total. The van der Waals surface area contributed by atoms with Crippen LogP contribution < -0.4 is 4.90 Å².